The van der Waals surface area contributed by atoms with Gasteiger partial charge >= 0.3 is 0 Å². The first-order chi connectivity index (χ1) is 7.75. The van der Waals surface area contributed by atoms with E-state index in [9.17, 15) is 9.90 Å². The number of amides is 1. The van der Waals surface area contributed by atoms with Gasteiger partial charge in [-0.05, 0) is 30.5 Å². The quantitative estimate of drug-likeness (QED) is 0.780. The number of carbonyl (C=O) groups is 1. The van der Waals surface area contributed by atoms with E-state index in [1.165, 1.54) is 5.56 Å². The number of nitrogens with zero attached hydrogens (tertiary/aromatic N) is 1. The number of phenols is 1. The number of carbonyl (C=O) groups excluding carboxylic acids is 1. The highest BCUT2D eigenvalue weighted by atomic mass is 16.3. The summed E-state index contributed by atoms with van der Waals surface area (Å²) in [5.41, 5.74) is 1.18. The van der Waals surface area contributed by atoms with E-state index >= 15 is 0 Å². The van der Waals surface area contributed by atoms with Gasteiger partial charge in [0.25, 0.3) is 0 Å². The number of rotatable bonds is 1. The molecule has 3 nitrogen and oxygen atoms in total. The molecule has 0 spiro atoms. The van der Waals surface area contributed by atoms with Gasteiger partial charge in [-0.1, -0.05) is 12.1 Å². The molecular weight excluding hydrogens is 202 g/mol. The minimum absolute atomic E-state index is 0.288. The predicted molar refractivity (Wildman–Crippen MR) is 60.2 cm³/mol. The second kappa shape index (κ2) is 3.51. The summed E-state index contributed by atoms with van der Waals surface area (Å²) in [6, 6.07) is 7.69. The molecule has 3 heteroatoms. The van der Waals surface area contributed by atoms with Crippen molar-refractivity contribution >= 4 is 5.91 Å². The van der Waals surface area contributed by atoms with E-state index in [0.717, 1.165) is 19.4 Å². The van der Waals surface area contributed by atoms with E-state index < -0.39 is 0 Å². The number of hydrogen-bond donors (Lipinski definition) is 1. The maximum absolute atomic E-state index is 11.8. The van der Waals surface area contributed by atoms with Crippen molar-refractivity contribution in [3.63, 3.8) is 0 Å². The Hall–Kier alpha value is -1.51. The van der Waals surface area contributed by atoms with Crippen LogP contribution in [0.25, 0.3) is 0 Å². The average Bonchev–Trinajstić information content (AvgIpc) is 2.84. The molecule has 3 rings (SSSR count). The van der Waals surface area contributed by atoms with Crippen molar-refractivity contribution in [1.29, 1.82) is 0 Å². The molecule has 2 aliphatic rings. The molecule has 2 fully saturated rings. The number of fused-ring (bicyclic) bond motifs is 1. The smallest absolute Gasteiger partial charge is 0.223 e. The Balaban J connectivity index is 1.90. The molecule has 0 radical (unpaired) electrons. The van der Waals surface area contributed by atoms with Gasteiger partial charge in [0, 0.05) is 24.9 Å². The summed E-state index contributed by atoms with van der Waals surface area (Å²) in [6.07, 6.45) is 2.89. The largest absolute Gasteiger partial charge is 0.508 e. The summed E-state index contributed by atoms with van der Waals surface area (Å²) < 4.78 is 0. The SMILES string of the molecule is O=C1CC(c2ccc(O)cc2)[C@@H]2CCCN12. The van der Waals surface area contributed by atoms with Gasteiger partial charge in [-0.25, -0.2) is 0 Å². The first-order valence-corrected chi connectivity index (χ1v) is 5.84. The summed E-state index contributed by atoms with van der Waals surface area (Å²) in [5, 5.41) is 9.26. The van der Waals surface area contributed by atoms with Crippen LogP contribution in [0, 0.1) is 0 Å². The average molecular weight is 217 g/mol. The Morgan fingerprint density at radius 1 is 1.25 bits per heavy atom. The fourth-order valence-corrected chi connectivity index (χ4v) is 3.02. The first-order valence-electron chi connectivity index (χ1n) is 5.84. The highest BCUT2D eigenvalue weighted by Crippen LogP contribution is 2.40. The Bertz CT molecular complexity index is 412. The highest BCUT2D eigenvalue weighted by Gasteiger charge is 2.42. The zero-order valence-electron chi connectivity index (χ0n) is 9.10. The lowest BCUT2D eigenvalue weighted by molar-refractivity contribution is -0.127. The molecule has 2 atom stereocenters. The molecule has 1 unspecified atom stereocenters. The van der Waals surface area contributed by atoms with Crippen molar-refractivity contribution in [1.82, 2.24) is 4.90 Å². The molecule has 2 heterocycles. The molecule has 1 N–H and O–H groups in total. The van der Waals surface area contributed by atoms with Crippen LogP contribution in [0.3, 0.4) is 0 Å². The third-order valence-corrected chi connectivity index (χ3v) is 3.80. The maximum Gasteiger partial charge on any atom is 0.223 e. The molecular formula is C13H15NO2. The van der Waals surface area contributed by atoms with Crippen LogP contribution in [-0.4, -0.2) is 28.5 Å². The van der Waals surface area contributed by atoms with E-state index in [1.54, 1.807) is 12.1 Å². The second-order valence-corrected chi connectivity index (χ2v) is 4.70. The van der Waals surface area contributed by atoms with Crippen LogP contribution >= 0.6 is 0 Å². The van der Waals surface area contributed by atoms with E-state index in [4.69, 9.17) is 0 Å². The van der Waals surface area contributed by atoms with Gasteiger partial charge < -0.3 is 10.0 Å². The van der Waals surface area contributed by atoms with Crippen LogP contribution in [0.2, 0.25) is 0 Å². The van der Waals surface area contributed by atoms with Gasteiger partial charge in [-0.2, -0.15) is 0 Å². The third kappa shape index (κ3) is 1.39. The Kier molecular flexibility index (Phi) is 2.13. The molecule has 16 heavy (non-hydrogen) atoms. The summed E-state index contributed by atoms with van der Waals surface area (Å²) in [7, 11) is 0. The topological polar surface area (TPSA) is 40.5 Å². The number of aromatic hydroxyl groups is 1. The van der Waals surface area contributed by atoms with E-state index in [2.05, 4.69) is 0 Å². The van der Waals surface area contributed by atoms with E-state index in [-0.39, 0.29) is 5.75 Å². The summed E-state index contributed by atoms with van der Waals surface area (Å²) in [4.78, 5) is 13.8. The lowest BCUT2D eigenvalue weighted by Gasteiger charge is -2.20. The Labute approximate surface area is 94.7 Å². The summed E-state index contributed by atoms with van der Waals surface area (Å²) in [5.74, 6) is 0.910. The van der Waals surface area contributed by atoms with Gasteiger partial charge in [0.05, 0.1) is 0 Å². The highest BCUT2D eigenvalue weighted by molar-refractivity contribution is 5.81. The zero-order chi connectivity index (χ0) is 11.1. The number of benzene rings is 1. The monoisotopic (exact) mass is 217 g/mol. The Morgan fingerprint density at radius 2 is 2.00 bits per heavy atom. The second-order valence-electron chi connectivity index (χ2n) is 4.70. The minimum Gasteiger partial charge on any atom is -0.508 e. The number of phenolic OH excluding ortho intramolecular Hbond substituents is 1. The Morgan fingerprint density at radius 3 is 2.75 bits per heavy atom. The third-order valence-electron chi connectivity index (χ3n) is 3.80. The predicted octanol–water partition coefficient (Wildman–Crippen LogP) is 1.87. The lowest BCUT2D eigenvalue weighted by Crippen LogP contribution is -2.28. The first kappa shape index (κ1) is 9.70. The van der Waals surface area contributed by atoms with Gasteiger partial charge in [0.1, 0.15) is 5.75 Å². The van der Waals surface area contributed by atoms with Crippen molar-refractivity contribution in [2.75, 3.05) is 6.54 Å². The van der Waals surface area contributed by atoms with Crippen LogP contribution < -0.4 is 0 Å². The van der Waals surface area contributed by atoms with Crippen molar-refractivity contribution in [2.24, 2.45) is 0 Å². The van der Waals surface area contributed by atoms with Gasteiger partial charge in [0.2, 0.25) is 5.91 Å². The zero-order valence-corrected chi connectivity index (χ0v) is 9.10. The van der Waals surface area contributed by atoms with Gasteiger partial charge in [-0.3, -0.25) is 4.79 Å². The van der Waals surface area contributed by atoms with Gasteiger partial charge in [-0.15, -0.1) is 0 Å². The molecule has 1 aromatic rings. The normalized spacial score (nSPS) is 28.5. The molecule has 0 aromatic heterocycles. The minimum atomic E-state index is 0.288. The van der Waals surface area contributed by atoms with E-state index in [1.807, 2.05) is 17.0 Å². The molecule has 0 aliphatic carbocycles. The number of hydrogen-bond acceptors (Lipinski definition) is 2. The summed E-state index contributed by atoms with van der Waals surface area (Å²) >= 11 is 0. The maximum atomic E-state index is 11.8. The molecule has 2 saturated heterocycles. The molecule has 2 aliphatic heterocycles. The van der Waals surface area contributed by atoms with Crippen molar-refractivity contribution in [3.05, 3.63) is 29.8 Å². The van der Waals surface area contributed by atoms with Crippen LogP contribution in [-0.2, 0) is 4.79 Å². The van der Waals surface area contributed by atoms with Crippen molar-refractivity contribution in [3.8, 4) is 5.75 Å². The van der Waals surface area contributed by atoms with Crippen LogP contribution in [0.1, 0.15) is 30.7 Å². The fraction of sp³-hybridized carbons (Fsp3) is 0.462. The van der Waals surface area contributed by atoms with Crippen LogP contribution in [0.4, 0.5) is 0 Å². The molecule has 0 bridgehead atoms. The standard InChI is InChI=1S/C13H15NO2/c15-10-5-3-9(4-6-10)11-8-13(16)14-7-1-2-12(11)14/h3-6,11-12,15H,1-2,7-8H2/t11?,12-/m0/s1. The van der Waals surface area contributed by atoms with Gasteiger partial charge in [0.15, 0.2) is 0 Å². The van der Waals surface area contributed by atoms with Crippen molar-refractivity contribution < 1.29 is 9.90 Å². The van der Waals surface area contributed by atoms with E-state index in [0.29, 0.717) is 24.3 Å². The fourth-order valence-electron chi connectivity index (χ4n) is 3.02. The van der Waals surface area contributed by atoms with Crippen molar-refractivity contribution in [2.45, 2.75) is 31.2 Å². The summed E-state index contributed by atoms with van der Waals surface area (Å²) in [6.45, 7) is 0.929. The molecule has 0 saturated carbocycles. The lowest BCUT2D eigenvalue weighted by atomic mass is 9.90. The molecule has 84 valence electrons. The molecule has 1 aromatic carbocycles. The van der Waals surface area contributed by atoms with Crippen LogP contribution in [0.15, 0.2) is 24.3 Å². The van der Waals surface area contributed by atoms with Crippen LogP contribution in [0.5, 0.6) is 5.75 Å². The molecule has 1 amide bonds.